The molecule has 0 atom stereocenters. The third-order valence-electron chi connectivity index (χ3n) is 5.12. The van der Waals surface area contributed by atoms with Gasteiger partial charge < -0.3 is 10.1 Å². The molecule has 32 heavy (non-hydrogen) atoms. The zero-order valence-electron chi connectivity index (χ0n) is 17.2. The molecule has 3 aromatic carbocycles. The molecule has 1 aliphatic heterocycles. The molecule has 4 rings (SSSR count). The average molecular weight is 451 g/mol. The van der Waals surface area contributed by atoms with Crippen LogP contribution in [0.1, 0.15) is 26.3 Å². The van der Waals surface area contributed by atoms with Crippen molar-refractivity contribution in [3.63, 3.8) is 0 Å². The molecule has 1 fully saturated rings. The van der Waals surface area contributed by atoms with Crippen LogP contribution in [0, 0.1) is 0 Å². The van der Waals surface area contributed by atoms with Crippen molar-refractivity contribution in [2.45, 2.75) is 4.90 Å². The Bertz CT molecular complexity index is 1240. The highest BCUT2D eigenvalue weighted by molar-refractivity contribution is 7.89. The lowest BCUT2D eigenvalue weighted by Crippen LogP contribution is -2.40. The number of ketones is 1. The van der Waals surface area contributed by atoms with Crippen molar-refractivity contribution in [1.29, 1.82) is 0 Å². The molecule has 0 spiro atoms. The lowest BCUT2D eigenvalue weighted by molar-refractivity contribution is 0.0730. The number of nitrogens with zero attached hydrogens (tertiary/aromatic N) is 1. The molecule has 1 aliphatic rings. The summed E-state index contributed by atoms with van der Waals surface area (Å²) in [5.74, 6) is -0.617. The van der Waals surface area contributed by atoms with Crippen LogP contribution in [-0.2, 0) is 14.8 Å². The summed E-state index contributed by atoms with van der Waals surface area (Å²) < 4.78 is 32.3. The van der Waals surface area contributed by atoms with Gasteiger partial charge in [-0.1, -0.05) is 48.5 Å². The molecule has 0 aliphatic carbocycles. The maximum Gasteiger partial charge on any atom is 0.255 e. The second-order valence-corrected chi connectivity index (χ2v) is 9.21. The van der Waals surface area contributed by atoms with Crippen molar-refractivity contribution in [2.24, 2.45) is 0 Å². The van der Waals surface area contributed by atoms with Crippen molar-refractivity contribution in [2.75, 3.05) is 31.6 Å². The van der Waals surface area contributed by atoms with E-state index in [9.17, 15) is 18.0 Å². The highest BCUT2D eigenvalue weighted by atomic mass is 32.2. The maximum atomic E-state index is 12.9. The standard InChI is InChI=1S/C24H22N2O5S/c27-23(18-6-2-1-3-7-18)19-8-4-10-21(16-19)25-24(28)20-9-5-11-22(17-20)32(29,30)26-12-14-31-15-13-26/h1-11,16-17H,12-15H2,(H,25,28). The van der Waals surface area contributed by atoms with Crippen LogP contribution >= 0.6 is 0 Å². The van der Waals surface area contributed by atoms with Crippen molar-refractivity contribution in [3.8, 4) is 0 Å². The number of anilines is 1. The summed E-state index contributed by atoms with van der Waals surface area (Å²) in [5, 5.41) is 2.74. The number of amides is 1. The van der Waals surface area contributed by atoms with Crippen molar-refractivity contribution >= 4 is 27.4 Å². The summed E-state index contributed by atoms with van der Waals surface area (Å²) in [6.45, 7) is 1.25. The third-order valence-corrected chi connectivity index (χ3v) is 7.02. The predicted molar refractivity (Wildman–Crippen MR) is 120 cm³/mol. The zero-order chi connectivity index (χ0) is 22.6. The minimum atomic E-state index is -3.71. The summed E-state index contributed by atoms with van der Waals surface area (Å²) in [5.41, 5.74) is 1.65. The van der Waals surface area contributed by atoms with E-state index in [-0.39, 0.29) is 29.3 Å². The van der Waals surface area contributed by atoms with E-state index in [0.717, 1.165) is 0 Å². The van der Waals surface area contributed by atoms with Crippen LogP contribution in [-0.4, -0.2) is 50.7 Å². The van der Waals surface area contributed by atoms with Crippen LogP contribution in [0.4, 0.5) is 5.69 Å². The number of benzene rings is 3. The van der Waals surface area contributed by atoms with Gasteiger partial charge in [0.1, 0.15) is 0 Å². The second-order valence-electron chi connectivity index (χ2n) is 7.27. The lowest BCUT2D eigenvalue weighted by atomic mass is 10.0. The van der Waals surface area contributed by atoms with E-state index in [2.05, 4.69) is 5.32 Å². The van der Waals surface area contributed by atoms with E-state index in [1.165, 1.54) is 22.5 Å². The summed E-state index contributed by atoms with van der Waals surface area (Å²) in [6.07, 6.45) is 0. The Morgan fingerprint density at radius 2 is 1.44 bits per heavy atom. The van der Waals surface area contributed by atoms with Crippen molar-refractivity contribution in [3.05, 3.63) is 95.6 Å². The minimum Gasteiger partial charge on any atom is -0.379 e. The van der Waals surface area contributed by atoms with E-state index >= 15 is 0 Å². The summed E-state index contributed by atoms with van der Waals surface area (Å²) in [4.78, 5) is 25.5. The molecule has 8 heteroatoms. The first-order chi connectivity index (χ1) is 15.4. The fourth-order valence-electron chi connectivity index (χ4n) is 3.43. The van der Waals surface area contributed by atoms with Gasteiger partial charge in [-0.2, -0.15) is 4.31 Å². The molecule has 1 heterocycles. The van der Waals surface area contributed by atoms with E-state index in [1.807, 2.05) is 6.07 Å². The first-order valence-corrected chi connectivity index (χ1v) is 11.6. The van der Waals surface area contributed by atoms with Gasteiger partial charge in [-0.05, 0) is 30.3 Å². The smallest absolute Gasteiger partial charge is 0.255 e. The van der Waals surface area contributed by atoms with Gasteiger partial charge in [0.25, 0.3) is 5.91 Å². The second kappa shape index (κ2) is 9.44. The first kappa shape index (κ1) is 21.9. The fraction of sp³-hybridized carbons (Fsp3) is 0.167. The van der Waals surface area contributed by atoms with Gasteiger partial charge >= 0.3 is 0 Å². The number of sulfonamides is 1. The number of hydrogen-bond acceptors (Lipinski definition) is 5. The van der Waals surface area contributed by atoms with Crippen molar-refractivity contribution < 1.29 is 22.7 Å². The SMILES string of the molecule is O=C(Nc1cccc(C(=O)c2ccccc2)c1)c1cccc(S(=O)(=O)N2CCOCC2)c1. The summed E-state index contributed by atoms with van der Waals surface area (Å²) in [6, 6.07) is 21.4. The summed E-state index contributed by atoms with van der Waals surface area (Å²) >= 11 is 0. The normalized spacial score (nSPS) is 14.6. The Morgan fingerprint density at radius 1 is 0.781 bits per heavy atom. The topological polar surface area (TPSA) is 92.8 Å². The molecule has 0 unspecified atom stereocenters. The van der Waals surface area contributed by atoms with Gasteiger partial charge in [-0.25, -0.2) is 8.42 Å². The Kier molecular flexibility index (Phi) is 6.45. The average Bonchev–Trinajstić information content (AvgIpc) is 2.85. The van der Waals surface area contributed by atoms with E-state index in [0.29, 0.717) is 30.0 Å². The van der Waals surface area contributed by atoms with Crippen LogP contribution < -0.4 is 5.32 Å². The molecule has 0 saturated carbocycles. The summed E-state index contributed by atoms with van der Waals surface area (Å²) in [7, 11) is -3.71. The molecule has 1 N–H and O–H groups in total. The quantitative estimate of drug-likeness (QED) is 0.583. The number of rotatable bonds is 6. The molecule has 0 radical (unpaired) electrons. The molecule has 0 bridgehead atoms. The van der Waals surface area contributed by atoms with Gasteiger partial charge in [-0.15, -0.1) is 0 Å². The number of morpholine rings is 1. The van der Waals surface area contributed by atoms with E-state index in [1.54, 1.807) is 54.6 Å². The number of hydrogen-bond donors (Lipinski definition) is 1. The van der Waals surface area contributed by atoms with Crippen LogP contribution in [0.15, 0.2) is 83.8 Å². The van der Waals surface area contributed by atoms with Crippen molar-refractivity contribution in [1.82, 2.24) is 4.31 Å². The molecule has 1 saturated heterocycles. The zero-order valence-corrected chi connectivity index (χ0v) is 18.0. The molecular weight excluding hydrogens is 428 g/mol. The van der Waals surface area contributed by atoms with E-state index in [4.69, 9.17) is 4.74 Å². The molecule has 164 valence electrons. The minimum absolute atomic E-state index is 0.0556. The first-order valence-electron chi connectivity index (χ1n) is 10.1. The third kappa shape index (κ3) is 4.77. The Balaban J connectivity index is 1.52. The highest BCUT2D eigenvalue weighted by Gasteiger charge is 2.27. The van der Waals surface area contributed by atoms with Gasteiger partial charge in [0.2, 0.25) is 10.0 Å². The molecule has 0 aromatic heterocycles. The van der Waals surface area contributed by atoms with E-state index < -0.39 is 15.9 Å². The lowest BCUT2D eigenvalue weighted by Gasteiger charge is -2.26. The van der Waals surface area contributed by atoms with Crippen LogP contribution in [0.3, 0.4) is 0 Å². The highest BCUT2D eigenvalue weighted by Crippen LogP contribution is 2.20. The fourth-order valence-corrected chi connectivity index (χ4v) is 4.89. The molecule has 7 nitrogen and oxygen atoms in total. The number of nitrogens with one attached hydrogen (secondary N) is 1. The number of ether oxygens (including phenoxy) is 1. The van der Waals surface area contributed by atoms with Gasteiger partial charge in [0.05, 0.1) is 18.1 Å². The Hall–Kier alpha value is -3.33. The molecule has 3 aromatic rings. The van der Waals surface area contributed by atoms with Gasteiger partial charge in [0.15, 0.2) is 5.78 Å². The molecular formula is C24H22N2O5S. The van der Waals surface area contributed by atoms with Crippen LogP contribution in [0.5, 0.6) is 0 Å². The maximum absolute atomic E-state index is 12.9. The number of carbonyl (C=O) groups excluding carboxylic acids is 2. The molecule has 1 amide bonds. The Morgan fingerprint density at radius 3 is 2.19 bits per heavy atom. The largest absolute Gasteiger partial charge is 0.379 e. The number of carbonyl (C=O) groups is 2. The van der Waals surface area contributed by atoms with Crippen LogP contribution in [0.2, 0.25) is 0 Å². The Labute approximate surface area is 186 Å². The van der Waals surface area contributed by atoms with Crippen LogP contribution in [0.25, 0.3) is 0 Å². The van der Waals surface area contributed by atoms with Gasteiger partial charge in [-0.3, -0.25) is 9.59 Å². The van der Waals surface area contributed by atoms with Gasteiger partial charge in [0, 0.05) is 35.5 Å². The monoisotopic (exact) mass is 450 g/mol. The predicted octanol–water partition coefficient (Wildman–Crippen LogP) is 3.19.